The average Bonchev–Trinajstić information content (AvgIpc) is 2.79. The van der Waals surface area contributed by atoms with Crippen LogP contribution >= 0.6 is 23.2 Å². The molecular formula is C25H24Cl2N2O3S. The summed E-state index contributed by atoms with van der Waals surface area (Å²) >= 11 is 12.3. The number of aryl methyl sites for hydroxylation is 1. The Morgan fingerprint density at radius 2 is 1.76 bits per heavy atom. The quantitative estimate of drug-likeness (QED) is 0.465. The van der Waals surface area contributed by atoms with Gasteiger partial charge >= 0.3 is 0 Å². The predicted molar refractivity (Wildman–Crippen MR) is 134 cm³/mol. The Kier molecular flexibility index (Phi) is 6.98. The highest BCUT2D eigenvalue weighted by atomic mass is 35.5. The topological polar surface area (TPSA) is 66.5 Å². The van der Waals surface area contributed by atoms with Crippen molar-refractivity contribution < 1.29 is 13.2 Å². The molecule has 1 N–H and O–H groups in total. The van der Waals surface area contributed by atoms with E-state index in [0.29, 0.717) is 11.3 Å². The molecule has 0 saturated carbocycles. The minimum absolute atomic E-state index is 0.00664. The predicted octanol–water partition coefficient (Wildman–Crippen LogP) is 5.77. The molecule has 1 aliphatic carbocycles. The fraction of sp³-hybridized carbons (Fsp3) is 0.240. The van der Waals surface area contributed by atoms with E-state index < -0.39 is 10.0 Å². The van der Waals surface area contributed by atoms with Crippen LogP contribution in [0.25, 0.3) is 0 Å². The molecule has 172 valence electrons. The number of nitrogens with zero attached hydrogens (tertiary/aromatic N) is 1. The van der Waals surface area contributed by atoms with E-state index >= 15 is 0 Å². The largest absolute Gasteiger partial charge is 0.345 e. The monoisotopic (exact) mass is 502 g/mol. The fourth-order valence-corrected chi connectivity index (χ4v) is 5.48. The molecule has 0 spiro atoms. The Balaban J connectivity index is 1.51. The molecule has 1 atom stereocenters. The van der Waals surface area contributed by atoms with Gasteiger partial charge in [-0.15, -0.1) is 0 Å². The number of hydrogen-bond acceptors (Lipinski definition) is 3. The minimum atomic E-state index is -3.62. The molecule has 8 heteroatoms. The van der Waals surface area contributed by atoms with Crippen molar-refractivity contribution in [3.8, 4) is 0 Å². The molecule has 33 heavy (non-hydrogen) atoms. The van der Waals surface area contributed by atoms with Gasteiger partial charge in [-0.2, -0.15) is 0 Å². The third-order valence-corrected chi connectivity index (χ3v) is 7.75. The summed E-state index contributed by atoms with van der Waals surface area (Å²) in [6, 6.07) is 20.0. The van der Waals surface area contributed by atoms with Crippen molar-refractivity contribution in [1.82, 2.24) is 5.32 Å². The second-order valence-electron chi connectivity index (χ2n) is 8.16. The number of nitrogens with one attached hydrogen (secondary N) is 1. The van der Waals surface area contributed by atoms with Gasteiger partial charge in [-0.3, -0.25) is 9.10 Å². The van der Waals surface area contributed by atoms with Crippen LogP contribution in [-0.2, 0) is 23.0 Å². The summed E-state index contributed by atoms with van der Waals surface area (Å²) in [5, 5.41) is 3.59. The molecule has 0 bridgehead atoms. The summed E-state index contributed by atoms with van der Waals surface area (Å²) < 4.78 is 26.1. The van der Waals surface area contributed by atoms with Crippen molar-refractivity contribution in [2.45, 2.75) is 31.8 Å². The highest BCUT2D eigenvalue weighted by Gasteiger charge is 2.23. The number of rotatable bonds is 6. The van der Waals surface area contributed by atoms with E-state index in [1.54, 1.807) is 42.5 Å². The summed E-state index contributed by atoms with van der Waals surface area (Å²) in [6.45, 7) is 0.0663. The Bertz CT molecular complexity index is 1280. The van der Waals surface area contributed by atoms with Crippen molar-refractivity contribution in [1.29, 1.82) is 0 Å². The van der Waals surface area contributed by atoms with Crippen LogP contribution in [0.5, 0.6) is 0 Å². The number of benzene rings is 3. The van der Waals surface area contributed by atoms with Crippen molar-refractivity contribution in [3.63, 3.8) is 0 Å². The maximum absolute atomic E-state index is 12.9. The first-order valence-electron chi connectivity index (χ1n) is 10.6. The summed E-state index contributed by atoms with van der Waals surface area (Å²) in [6.07, 6.45) is 4.09. The van der Waals surface area contributed by atoms with Gasteiger partial charge in [-0.25, -0.2) is 8.42 Å². The van der Waals surface area contributed by atoms with Gasteiger partial charge in [-0.1, -0.05) is 65.7 Å². The molecule has 4 rings (SSSR count). The first-order chi connectivity index (χ1) is 15.7. The second kappa shape index (κ2) is 9.75. The Morgan fingerprint density at radius 1 is 1.03 bits per heavy atom. The van der Waals surface area contributed by atoms with Crippen molar-refractivity contribution >= 4 is 44.8 Å². The third-order valence-electron chi connectivity index (χ3n) is 5.82. The maximum Gasteiger partial charge on any atom is 0.251 e. The molecule has 3 aromatic rings. The molecule has 0 aliphatic heterocycles. The molecular weight excluding hydrogens is 479 g/mol. The van der Waals surface area contributed by atoms with Crippen molar-refractivity contribution in [3.05, 3.63) is 99.0 Å². The van der Waals surface area contributed by atoms with Crippen LogP contribution in [0.1, 0.15) is 45.9 Å². The summed E-state index contributed by atoms with van der Waals surface area (Å²) in [4.78, 5) is 12.9. The normalized spacial score (nSPS) is 15.5. The van der Waals surface area contributed by atoms with E-state index in [2.05, 4.69) is 17.4 Å². The lowest BCUT2D eigenvalue weighted by Crippen LogP contribution is -2.31. The van der Waals surface area contributed by atoms with E-state index in [1.807, 2.05) is 12.1 Å². The van der Waals surface area contributed by atoms with E-state index in [9.17, 15) is 13.2 Å². The minimum Gasteiger partial charge on any atom is -0.345 e. The number of anilines is 1. The molecule has 0 radical (unpaired) electrons. The van der Waals surface area contributed by atoms with Crippen LogP contribution in [-0.4, -0.2) is 20.6 Å². The van der Waals surface area contributed by atoms with Crippen LogP contribution in [0, 0.1) is 0 Å². The third kappa shape index (κ3) is 5.35. The lowest BCUT2D eigenvalue weighted by atomic mass is 9.87. The van der Waals surface area contributed by atoms with Gasteiger partial charge in [0.2, 0.25) is 10.0 Å². The van der Waals surface area contributed by atoms with Gasteiger partial charge in [0.1, 0.15) is 0 Å². The molecule has 0 fully saturated rings. The van der Waals surface area contributed by atoms with E-state index in [1.165, 1.54) is 15.4 Å². The van der Waals surface area contributed by atoms with Crippen LogP contribution in [0.4, 0.5) is 5.69 Å². The first kappa shape index (κ1) is 23.6. The standard InChI is InChI=1S/C25H24Cl2N2O3S/c1-33(31,32)29(23-11-5-9-21(26)24(23)27)16-17-12-14-19(15-13-17)25(30)28-22-10-4-7-18-6-2-3-8-20(18)22/h2-3,5-6,8-9,11-15,22H,4,7,10,16H2,1H3,(H,28,30)/t22-/m0/s1. The van der Waals surface area contributed by atoms with Crippen LogP contribution in [0.15, 0.2) is 66.7 Å². The lowest BCUT2D eigenvalue weighted by molar-refractivity contribution is 0.0932. The molecule has 1 aliphatic rings. The zero-order valence-electron chi connectivity index (χ0n) is 18.1. The van der Waals surface area contributed by atoms with Gasteiger partial charge in [0.05, 0.1) is 34.6 Å². The SMILES string of the molecule is CS(=O)(=O)N(Cc1ccc(C(=O)N[C@H]2CCCc3ccccc32)cc1)c1cccc(Cl)c1Cl. The average molecular weight is 503 g/mol. The number of hydrogen-bond donors (Lipinski definition) is 1. The summed E-state index contributed by atoms with van der Waals surface area (Å²) in [5.41, 5.74) is 4.01. The summed E-state index contributed by atoms with van der Waals surface area (Å²) in [5.74, 6) is -0.152. The van der Waals surface area contributed by atoms with Gasteiger partial charge in [-0.05, 0) is 60.2 Å². The smallest absolute Gasteiger partial charge is 0.251 e. The van der Waals surface area contributed by atoms with Crippen LogP contribution in [0.2, 0.25) is 10.0 Å². The number of carbonyl (C=O) groups is 1. The van der Waals surface area contributed by atoms with Gasteiger partial charge in [0.15, 0.2) is 0 Å². The molecule has 1 amide bonds. The number of carbonyl (C=O) groups excluding carboxylic acids is 1. The Morgan fingerprint density at radius 3 is 2.48 bits per heavy atom. The first-order valence-corrected chi connectivity index (χ1v) is 13.2. The second-order valence-corrected chi connectivity index (χ2v) is 10.8. The number of halogens is 2. The van der Waals surface area contributed by atoms with Crippen molar-refractivity contribution in [2.24, 2.45) is 0 Å². The van der Waals surface area contributed by atoms with E-state index in [-0.39, 0.29) is 28.5 Å². The van der Waals surface area contributed by atoms with Crippen LogP contribution in [0.3, 0.4) is 0 Å². The van der Waals surface area contributed by atoms with E-state index in [4.69, 9.17) is 23.2 Å². The number of amides is 1. The molecule has 0 unspecified atom stereocenters. The fourth-order valence-electron chi connectivity index (χ4n) is 4.14. The molecule has 5 nitrogen and oxygen atoms in total. The molecule has 0 aromatic heterocycles. The lowest BCUT2D eigenvalue weighted by Gasteiger charge is -2.26. The van der Waals surface area contributed by atoms with Gasteiger partial charge in [0, 0.05) is 5.56 Å². The zero-order chi connectivity index (χ0) is 23.6. The number of fused-ring (bicyclic) bond motifs is 1. The Labute approximate surface area is 204 Å². The highest BCUT2D eigenvalue weighted by molar-refractivity contribution is 7.92. The molecule has 3 aromatic carbocycles. The van der Waals surface area contributed by atoms with Crippen molar-refractivity contribution in [2.75, 3.05) is 10.6 Å². The highest BCUT2D eigenvalue weighted by Crippen LogP contribution is 2.34. The Hall–Kier alpha value is -2.54. The van der Waals surface area contributed by atoms with Gasteiger partial charge < -0.3 is 5.32 Å². The molecule has 0 heterocycles. The van der Waals surface area contributed by atoms with E-state index in [0.717, 1.165) is 31.1 Å². The maximum atomic E-state index is 12.9. The molecule has 0 saturated heterocycles. The van der Waals surface area contributed by atoms with Gasteiger partial charge in [0.25, 0.3) is 5.91 Å². The van der Waals surface area contributed by atoms with Crippen LogP contribution < -0.4 is 9.62 Å². The number of sulfonamides is 1. The summed E-state index contributed by atoms with van der Waals surface area (Å²) in [7, 11) is -3.62. The zero-order valence-corrected chi connectivity index (χ0v) is 20.4.